The molecule has 0 unspecified atom stereocenters. The van der Waals surface area contributed by atoms with Gasteiger partial charge in [0.1, 0.15) is 0 Å². The molecule has 1 aromatic heterocycles. The lowest BCUT2D eigenvalue weighted by Gasteiger charge is -2.07. The van der Waals surface area contributed by atoms with Crippen LogP contribution < -0.4 is 5.32 Å². The molecule has 0 bridgehead atoms. The third kappa shape index (κ3) is 4.04. The van der Waals surface area contributed by atoms with E-state index in [1.807, 2.05) is 24.3 Å². The van der Waals surface area contributed by atoms with Gasteiger partial charge >= 0.3 is 5.00 Å². The molecule has 2 rings (SSSR count). The number of nitrogens with one attached hydrogen (secondary N) is 1. The van der Waals surface area contributed by atoms with Crippen LogP contribution in [0.2, 0.25) is 0 Å². The molecule has 5 nitrogen and oxygen atoms in total. The number of thiophene rings is 1. The van der Waals surface area contributed by atoms with Crippen molar-refractivity contribution < 1.29 is 10.0 Å². The molecule has 0 amide bonds. The number of anilines is 1. The van der Waals surface area contributed by atoms with E-state index in [-0.39, 0.29) is 16.5 Å². The quantitative estimate of drug-likeness (QED) is 0.607. The Bertz CT molecular complexity index is 583. The number of aliphatic hydroxyl groups is 1. The lowest BCUT2D eigenvalue weighted by atomic mass is 10.1. The van der Waals surface area contributed by atoms with Gasteiger partial charge in [-0.25, -0.2) is 0 Å². The van der Waals surface area contributed by atoms with Crippen LogP contribution in [0.25, 0.3) is 0 Å². The van der Waals surface area contributed by atoms with Gasteiger partial charge in [0.2, 0.25) is 0 Å². The molecule has 20 heavy (non-hydrogen) atoms. The highest BCUT2D eigenvalue weighted by Crippen LogP contribution is 2.23. The van der Waals surface area contributed by atoms with E-state index in [4.69, 9.17) is 5.11 Å². The second kappa shape index (κ2) is 7.02. The largest absolute Gasteiger partial charge is 0.396 e. The normalized spacial score (nSPS) is 10.4. The molecule has 0 saturated heterocycles. The molecule has 0 aliphatic carbocycles. The number of hydrogen-bond donors (Lipinski definition) is 2. The number of aryl methyl sites for hydroxylation is 1. The smallest absolute Gasteiger partial charge is 0.324 e. The first-order chi connectivity index (χ1) is 9.69. The van der Waals surface area contributed by atoms with Crippen molar-refractivity contribution in [2.75, 3.05) is 11.9 Å². The lowest BCUT2D eigenvalue weighted by molar-refractivity contribution is -0.380. The van der Waals surface area contributed by atoms with Crippen LogP contribution in [0.1, 0.15) is 17.5 Å². The van der Waals surface area contributed by atoms with Gasteiger partial charge in [-0.05, 0) is 36.1 Å². The minimum atomic E-state index is -0.371. The molecule has 1 aromatic carbocycles. The molecule has 0 atom stereocenters. The second-order valence-corrected chi connectivity index (χ2v) is 5.32. The van der Waals surface area contributed by atoms with Crippen LogP contribution in [0.4, 0.5) is 10.7 Å². The molecule has 0 radical (unpaired) electrons. The van der Waals surface area contributed by atoms with Crippen molar-refractivity contribution in [3.8, 4) is 0 Å². The van der Waals surface area contributed by atoms with Crippen LogP contribution in [0.5, 0.6) is 0 Å². The fraction of sp³-hybridized carbons (Fsp3) is 0.286. The molecule has 2 N–H and O–H groups in total. The average molecular weight is 292 g/mol. The third-order valence-electron chi connectivity index (χ3n) is 2.87. The van der Waals surface area contributed by atoms with E-state index in [0.717, 1.165) is 35.4 Å². The Morgan fingerprint density at radius 1 is 1.30 bits per heavy atom. The standard InChI is InChI=1S/C14H16N2O3S/c17-6-2-4-11-3-1-5-13(7-11)15-9-12-8-14(16(18)19)20-10-12/h1,3,5,7-8,10,15,17H,2,4,6,9H2. The Morgan fingerprint density at radius 3 is 2.85 bits per heavy atom. The summed E-state index contributed by atoms with van der Waals surface area (Å²) >= 11 is 1.14. The zero-order valence-corrected chi connectivity index (χ0v) is 11.7. The van der Waals surface area contributed by atoms with Gasteiger partial charge in [0.25, 0.3) is 0 Å². The zero-order chi connectivity index (χ0) is 14.4. The maximum atomic E-state index is 10.6. The lowest BCUT2D eigenvalue weighted by Crippen LogP contribution is -1.99. The Hall–Kier alpha value is -1.92. The molecule has 0 aliphatic heterocycles. The van der Waals surface area contributed by atoms with Gasteiger partial charge in [-0.1, -0.05) is 23.5 Å². The first kappa shape index (κ1) is 14.5. The molecule has 1 heterocycles. The molecule has 0 saturated carbocycles. The number of nitrogens with zero attached hydrogens (tertiary/aromatic N) is 1. The van der Waals surface area contributed by atoms with Gasteiger partial charge in [-0.3, -0.25) is 10.1 Å². The summed E-state index contributed by atoms with van der Waals surface area (Å²) in [5.74, 6) is 0. The topological polar surface area (TPSA) is 75.4 Å². The van der Waals surface area contributed by atoms with Crippen molar-refractivity contribution in [2.24, 2.45) is 0 Å². The van der Waals surface area contributed by atoms with Gasteiger partial charge < -0.3 is 10.4 Å². The minimum absolute atomic E-state index is 0.165. The monoisotopic (exact) mass is 292 g/mol. The van der Waals surface area contributed by atoms with Crippen LogP contribution in [0, 0.1) is 10.1 Å². The van der Waals surface area contributed by atoms with Crippen LogP contribution in [0.15, 0.2) is 35.7 Å². The molecule has 0 fully saturated rings. The van der Waals surface area contributed by atoms with Gasteiger partial charge in [0.15, 0.2) is 0 Å². The summed E-state index contributed by atoms with van der Waals surface area (Å²) in [7, 11) is 0. The summed E-state index contributed by atoms with van der Waals surface area (Å²) in [4.78, 5) is 10.2. The number of aliphatic hydroxyl groups excluding tert-OH is 1. The number of hydrogen-bond acceptors (Lipinski definition) is 5. The molecule has 6 heteroatoms. The first-order valence-electron chi connectivity index (χ1n) is 6.34. The van der Waals surface area contributed by atoms with Crippen LogP contribution in [0.3, 0.4) is 0 Å². The molecular formula is C14H16N2O3S. The number of rotatable bonds is 7. The van der Waals surface area contributed by atoms with E-state index < -0.39 is 0 Å². The Labute approximate surface area is 121 Å². The first-order valence-corrected chi connectivity index (χ1v) is 7.22. The summed E-state index contributed by atoms with van der Waals surface area (Å²) in [6.45, 7) is 0.754. The van der Waals surface area contributed by atoms with E-state index in [2.05, 4.69) is 5.32 Å². The summed E-state index contributed by atoms with van der Waals surface area (Å²) < 4.78 is 0. The maximum absolute atomic E-state index is 10.6. The second-order valence-electron chi connectivity index (χ2n) is 4.43. The van der Waals surface area contributed by atoms with Gasteiger partial charge in [-0.2, -0.15) is 0 Å². The Kier molecular flexibility index (Phi) is 5.09. The minimum Gasteiger partial charge on any atom is -0.396 e. The van der Waals surface area contributed by atoms with Crippen LogP contribution >= 0.6 is 11.3 Å². The van der Waals surface area contributed by atoms with Crippen molar-refractivity contribution in [2.45, 2.75) is 19.4 Å². The van der Waals surface area contributed by atoms with Gasteiger partial charge in [0, 0.05) is 30.3 Å². The molecule has 0 aliphatic rings. The zero-order valence-electron chi connectivity index (χ0n) is 10.9. The summed E-state index contributed by atoms with van der Waals surface area (Å²) in [5.41, 5.74) is 3.05. The maximum Gasteiger partial charge on any atom is 0.324 e. The molecule has 0 spiro atoms. The summed E-state index contributed by atoms with van der Waals surface area (Å²) in [6, 6.07) is 9.58. The highest BCUT2D eigenvalue weighted by atomic mass is 32.1. The van der Waals surface area contributed by atoms with Crippen molar-refractivity contribution in [3.05, 3.63) is 57.0 Å². The van der Waals surface area contributed by atoms with E-state index in [1.54, 1.807) is 11.4 Å². The van der Waals surface area contributed by atoms with E-state index in [1.165, 1.54) is 5.56 Å². The number of benzene rings is 1. The molecule has 106 valence electrons. The van der Waals surface area contributed by atoms with Gasteiger partial charge in [-0.15, -0.1) is 0 Å². The van der Waals surface area contributed by atoms with Crippen molar-refractivity contribution >= 4 is 22.0 Å². The Balaban J connectivity index is 1.94. The van der Waals surface area contributed by atoms with E-state index >= 15 is 0 Å². The fourth-order valence-corrected chi connectivity index (χ4v) is 2.60. The fourth-order valence-electron chi connectivity index (χ4n) is 1.88. The summed E-state index contributed by atoms with van der Waals surface area (Å²) in [5, 5.41) is 24.6. The van der Waals surface area contributed by atoms with Gasteiger partial charge in [0.05, 0.1) is 4.92 Å². The molecule has 2 aromatic rings. The predicted molar refractivity (Wildman–Crippen MR) is 80.1 cm³/mol. The van der Waals surface area contributed by atoms with E-state index in [9.17, 15) is 10.1 Å². The highest BCUT2D eigenvalue weighted by molar-refractivity contribution is 7.13. The summed E-state index contributed by atoms with van der Waals surface area (Å²) in [6.07, 6.45) is 1.59. The van der Waals surface area contributed by atoms with Crippen molar-refractivity contribution in [1.29, 1.82) is 0 Å². The van der Waals surface area contributed by atoms with Crippen LogP contribution in [-0.2, 0) is 13.0 Å². The highest BCUT2D eigenvalue weighted by Gasteiger charge is 2.09. The van der Waals surface area contributed by atoms with Crippen LogP contribution in [-0.4, -0.2) is 16.6 Å². The SMILES string of the molecule is O=[N+]([O-])c1cc(CNc2cccc(CCCO)c2)cs1. The van der Waals surface area contributed by atoms with Crippen molar-refractivity contribution in [1.82, 2.24) is 0 Å². The average Bonchev–Trinajstić information content (AvgIpc) is 2.92. The number of nitro groups is 1. The van der Waals surface area contributed by atoms with E-state index in [0.29, 0.717) is 6.54 Å². The Morgan fingerprint density at radius 2 is 2.15 bits per heavy atom. The predicted octanol–water partition coefficient (Wildman–Crippen LogP) is 3.19. The molecular weight excluding hydrogens is 276 g/mol. The van der Waals surface area contributed by atoms with Crippen molar-refractivity contribution in [3.63, 3.8) is 0 Å². The third-order valence-corrected chi connectivity index (χ3v) is 3.80.